The van der Waals surface area contributed by atoms with Crippen LogP contribution < -0.4 is 10.2 Å². The van der Waals surface area contributed by atoms with Crippen LogP contribution in [0.1, 0.15) is 46.0 Å². The SMILES string of the molecule is CCCNc1nccc(N2CCCCCC2C)n1. The highest BCUT2D eigenvalue weighted by Gasteiger charge is 2.18. The lowest BCUT2D eigenvalue weighted by Gasteiger charge is -2.28. The third kappa shape index (κ3) is 3.34. The van der Waals surface area contributed by atoms with Crippen molar-refractivity contribution in [3.05, 3.63) is 12.3 Å². The Hall–Kier alpha value is -1.32. The second-order valence-corrected chi connectivity index (χ2v) is 5.06. The number of hydrogen-bond donors (Lipinski definition) is 1. The van der Waals surface area contributed by atoms with E-state index in [0.717, 1.165) is 31.3 Å². The normalized spacial score (nSPS) is 20.6. The average molecular weight is 248 g/mol. The first kappa shape index (κ1) is 13.1. The molecule has 1 fully saturated rings. The Morgan fingerprint density at radius 3 is 3.11 bits per heavy atom. The Balaban J connectivity index is 2.10. The molecule has 0 radical (unpaired) electrons. The van der Waals surface area contributed by atoms with E-state index in [-0.39, 0.29) is 0 Å². The van der Waals surface area contributed by atoms with Gasteiger partial charge in [-0.15, -0.1) is 0 Å². The molecule has 0 spiro atoms. The van der Waals surface area contributed by atoms with Crippen LogP contribution >= 0.6 is 0 Å². The van der Waals surface area contributed by atoms with Gasteiger partial charge in [0.05, 0.1) is 0 Å². The van der Waals surface area contributed by atoms with Crippen LogP contribution in [0.15, 0.2) is 12.3 Å². The summed E-state index contributed by atoms with van der Waals surface area (Å²) in [5.41, 5.74) is 0. The topological polar surface area (TPSA) is 41.1 Å². The van der Waals surface area contributed by atoms with Crippen molar-refractivity contribution in [1.29, 1.82) is 0 Å². The molecule has 18 heavy (non-hydrogen) atoms. The predicted molar refractivity (Wildman–Crippen MR) is 76.1 cm³/mol. The smallest absolute Gasteiger partial charge is 0.224 e. The van der Waals surface area contributed by atoms with Crippen molar-refractivity contribution in [3.8, 4) is 0 Å². The van der Waals surface area contributed by atoms with Crippen molar-refractivity contribution in [2.24, 2.45) is 0 Å². The molecule has 2 rings (SSSR count). The van der Waals surface area contributed by atoms with Gasteiger partial charge in [0.1, 0.15) is 5.82 Å². The molecule has 0 aliphatic carbocycles. The number of rotatable bonds is 4. The van der Waals surface area contributed by atoms with Gasteiger partial charge in [0.15, 0.2) is 0 Å². The molecule has 4 heteroatoms. The van der Waals surface area contributed by atoms with Crippen molar-refractivity contribution < 1.29 is 0 Å². The highest BCUT2D eigenvalue weighted by Crippen LogP contribution is 2.22. The van der Waals surface area contributed by atoms with Crippen LogP contribution in [0.4, 0.5) is 11.8 Å². The van der Waals surface area contributed by atoms with Gasteiger partial charge in [0.2, 0.25) is 5.95 Å². The zero-order valence-corrected chi connectivity index (χ0v) is 11.5. The van der Waals surface area contributed by atoms with Crippen LogP contribution in [0.25, 0.3) is 0 Å². The van der Waals surface area contributed by atoms with Crippen molar-refractivity contribution in [2.75, 3.05) is 23.3 Å². The van der Waals surface area contributed by atoms with E-state index in [1.807, 2.05) is 12.3 Å². The molecule has 2 heterocycles. The number of anilines is 2. The lowest BCUT2D eigenvalue weighted by atomic mass is 10.1. The molecule has 1 aliphatic rings. The molecule has 100 valence electrons. The van der Waals surface area contributed by atoms with E-state index in [2.05, 4.69) is 34.0 Å². The fourth-order valence-electron chi connectivity index (χ4n) is 2.45. The van der Waals surface area contributed by atoms with Crippen molar-refractivity contribution in [1.82, 2.24) is 9.97 Å². The zero-order valence-electron chi connectivity index (χ0n) is 11.5. The van der Waals surface area contributed by atoms with Crippen LogP contribution in [-0.2, 0) is 0 Å². The van der Waals surface area contributed by atoms with Gasteiger partial charge in [-0.3, -0.25) is 0 Å². The summed E-state index contributed by atoms with van der Waals surface area (Å²) < 4.78 is 0. The summed E-state index contributed by atoms with van der Waals surface area (Å²) in [4.78, 5) is 11.3. The van der Waals surface area contributed by atoms with E-state index in [9.17, 15) is 0 Å². The van der Waals surface area contributed by atoms with Crippen LogP contribution in [-0.4, -0.2) is 29.1 Å². The Morgan fingerprint density at radius 1 is 1.39 bits per heavy atom. The molecule has 1 saturated heterocycles. The standard InChI is InChI=1S/C14H24N4/c1-3-9-15-14-16-10-8-13(17-14)18-11-6-4-5-7-12(18)2/h8,10,12H,3-7,9,11H2,1-2H3,(H,15,16,17). The summed E-state index contributed by atoms with van der Waals surface area (Å²) >= 11 is 0. The van der Waals surface area contributed by atoms with Crippen LogP contribution in [0.2, 0.25) is 0 Å². The number of nitrogens with zero attached hydrogens (tertiary/aromatic N) is 3. The number of hydrogen-bond acceptors (Lipinski definition) is 4. The average Bonchev–Trinajstić information content (AvgIpc) is 2.61. The molecular weight excluding hydrogens is 224 g/mol. The highest BCUT2D eigenvalue weighted by molar-refractivity contribution is 5.43. The molecule has 1 aromatic rings. The quantitative estimate of drug-likeness (QED) is 0.889. The lowest BCUT2D eigenvalue weighted by molar-refractivity contribution is 0.611. The molecule has 0 aromatic carbocycles. The molecule has 1 aromatic heterocycles. The monoisotopic (exact) mass is 248 g/mol. The number of nitrogens with one attached hydrogen (secondary N) is 1. The molecule has 0 saturated carbocycles. The maximum Gasteiger partial charge on any atom is 0.224 e. The molecule has 4 nitrogen and oxygen atoms in total. The fourth-order valence-corrected chi connectivity index (χ4v) is 2.45. The molecule has 0 bridgehead atoms. The first-order valence-electron chi connectivity index (χ1n) is 7.15. The van der Waals surface area contributed by atoms with Gasteiger partial charge in [-0.25, -0.2) is 4.98 Å². The van der Waals surface area contributed by atoms with E-state index in [1.54, 1.807) is 0 Å². The summed E-state index contributed by atoms with van der Waals surface area (Å²) in [6, 6.07) is 2.61. The second-order valence-electron chi connectivity index (χ2n) is 5.06. The van der Waals surface area contributed by atoms with Crippen LogP contribution in [0, 0.1) is 0 Å². The predicted octanol–water partition coefficient (Wildman–Crippen LogP) is 3.07. The van der Waals surface area contributed by atoms with E-state index >= 15 is 0 Å². The molecule has 1 N–H and O–H groups in total. The molecule has 1 aliphatic heterocycles. The van der Waals surface area contributed by atoms with E-state index < -0.39 is 0 Å². The Morgan fingerprint density at radius 2 is 2.28 bits per heavy atom. The van der Waals surface area contributed by atoms with Gasteiger partial charge in [-0.05, 0) is 32.3 Å². The van der Waals surface area contributed by atoms with E-state index in [0.29, 0.717) is 6.04 Å². The third-order valence-electron chi connectivity index (χ3n) is 3.52. The highest BCUT2D eigenvalue weighted by atomic mass is 15.2. The van der Waals surface area contributed by atoms with Gasteiger partial charge in [0, 0.05) is 25.3 Å². The molecular formula is C14H24N4. The maximum atomic E-state index is 4.63. The van der Waals surface area contributed by atoms with Gasteiger partial charge in [0.25, 0.3) is 0 Å². The summed E-state index contributed by atoms with van der Waals surface area (Å²) in [5.74, 6) is 1.82. The molecule has 0 amide bonds. The minimum absolute atomic E-state index is 0.585. The fraction of sp³-hybridized carbons (Fsp3) is 0.714. The summed E-state index contributed by atoms with van der Waals surface area (Å²) in [6.07, 6.45) is 8.16. The summed E-state index contributed by atoms with van der Waals surface area (Å²) in [5, 5.41) is 3.26. The van der Waals surface area contributed by atoms with E-state index in [4.69, 9.17) is 0 Å². The maximum absolute atomic E-state index is 4.63. The van der Waals surface area contributed by atoms with Crippen molar-refractivity contribution >= 4 is 11.8 Å². The van der Waals surface area contributed by atoms with Crippen molar-refractivity contribution in [2.45, 2.75) is 52.0 Å². The Kier molecular flexibility index (Phi) is 4.79. The minimum atomic E-state index is 0.585. The van der Waals surface area contributed by atoms with Gasteiger partial charge >= 0.3 is 0 Å². The van der Waals surface area contributed by atoms with Crippen LogP contribution in [0.3, 0.4) is 0 Å². The first-order valence-corrected chi connectivity index (χ1v) is 7.15. The number of aromatic nitrogens is 2. The van der Waals surface area contributed by atoms with Gasteiger partial charge in [-0.1, -0.05) is 19.8 Å². The molecule has 1 atom stereocenters. The largest absolute Gasteiger partial charge is 0.354 e. The van der Waals surface area contributed by atoms with Crippen LogP contribution in [0.5, 0.6) is 0 Å². The third-order valence-corrected chi connectivity index (χ3v) is 3.52. The van der Waals surface area contributed by atoms with Gasteiger partial charge < -0.3 is 10.2 Å². The summed E-state index contributed by atoms with van der Waals surface area (Å²) in [7, 11) is 0. The zero-order chi connectivity index (χ0) is 12.8. The van der Waals surface area contributed by atoms with Crippen molar-refractivity contribution in [3.63, 3.8) is 0 Å². The van der Waals surface area contributed by atoms with Gasteiger partial charge in [-0.2, -0.15) is 4.98 Å². The lowest BCUT2D eigenvalue weighted by Crippen LogP contribution is -2.33. The minimum Gasteiger partial charge on any atom is -0.354 e. The Bertz CT molecular complexity index is 367. The second kappa shape index (κ2) is 6.57. The van der Waals surface area contributed by atoms with E-state index in [1.165, 1.54) is 25.7 Å². The summed E-state index contributed by atoms with van der Waals surface area (Å²) in [6.45, 7) is 6.49. The molecule has 1 unspecified atom stereocenters. The Labute approximate surface area is 110 Å². The first-order chi connectivity index (χ1) is 8.81.